The Balaban J connectivity index is -0.000000550. The molecule has 0 saturated heterocycles. The fourth-order valence-electron chi connectivity index (χ4n) is 5.05. The number of carbonyl (C=O) groups is 1. The van der Waals surface area contributed by atoms with Gasteiger partial charge >= 0.3 is 18.9 Å². The predicted molar refractivity (Wildman–Crippen MR) is 198 cm³/mol. The van der Waals surface area contributed by atoms with Gasteiger partial charge in [0.1, 0.15) is 16.1 Å². The molecule has 2 heterocycles. The number of hydrogen-bond donors (Lipinski definition) is 1. The fraction of sp³-hybridized carbons (Fsp3) is 0.676. The first-order valence-electron chi connectivity index (χ1n) is 16.6. The number of halogens is 3. The molecule has 2 aromatic rings. The van der Waals surface area contributed by atoms with Crippen LogP contribution in [0.25, 0.3) is 0 Å². The molecule has 46 heavy (non-hydrogen) atoms. The molecule has 0 amide bonds. The van der Waals surface area contributed by atoms with E-state index in [-0.39, 0.29) is 26.3 Å². The van der Waals surface area contributed by atoms with Gasteiger partial charge in [-0.3, -0.25) is 4.79 Å². The maximum Gasteiger partial charge on any atom is 1.00 e. The van der Waals surface area contributed by atoms with Crippen LogP contribution in [-0.4, -0.2) is 34.1 Å². The molecular weight excluding hydrogens is 678 g/mol. The monoisotopic (exact) mass is 738 g/mol. The molecule has 2 aliphatic rings. The normalized spacial score (nSPS) is 18.7. The summed E-state index contributed by atoms with van der Waals surface area (Å²) in [4.78, 5) is 18.7. The van der Waals surface area contributed by atoms with Gasteiger partial charge in [-0.15, -0.1) is 0 Å². The number of pyridine rings is 2. The second-order valence-corrected chi connectivity index (χ2v) is 13.0. The number of rotatable bonds is 8. The molecule has 2 fully saturated rings. The molecule has 0 atom stereocenters. The molecule has 0 radical (unpaired) electrons. The van der Waals surface area contributed by atoms with Crippen molar-refractivity contribution in [1.82, 2.24) is 9.97 Å². The van der Waals surface area contributed by atoms with Crippen LogP contribution in [0.3, 0.4) is 0 Å². The Morgan fingerprint density at radius 1 is 0.848 bits per heavy atom. The molecule has 2 saturated carbocycles. The third kappa shape index (κ3) is 24.7. The maximum atomic E-state index is 10.8. The number of ketones is 1. The zero-order valence-electron chi connectivity index (χ0n) is 28.9. The van der Waals surface area contributed by atoms with E-state index < -0.39 is 5.60 Å². The Morgan fingerprint density at radius 3 is 1.63 bits per heavy atom. The Morgan fingerprint density at radius 2 is 1.30 bits per heavy atom. The standard InChI is InChI=1S/C14H20ClNO.C9H16O.C5H3BrClN.C4H10O.C4H9.CH4.Li/c1-2-3-11-6-8-14(17,9-7-11)12-4-5-13(15)16-10-12;1-2-3-8-4-6-9(10)7-5-8;6-4-1-2-5(7)8-3-4;1-3-5-4-2;1-3-4-2;;/h4-5,10-11,17H,2-3,6-9H2,1H3;8H,2-7H2,1H3;1-3H;3-4H2,1-2H3;1,3-4H2,2H3;1H4;/q;;;;-1;;+1. The molecule has 2 aromatic heterocycles. The van der Waals surface area contributed by atoms with Crippen LogP contribution < -0.4 is 18.9 Å². The largest absolute Gasteiger partial charge is 1.00 e. The van der Waals surface area contributed by atoms with E-state index in [1.807, 2.05) is 26.0 Å². The van der Waals surface area contributed by atoms with Crippen LogP contribution in [0.15, 0.2) is 41.1 Å². The Bertz CT molecular complexity index is 925. The first-order valence-corrected chi connectivity index (χ1v) is 18.1. The minimum Gasteiger partial charge on any atom is -0.385 e. The summed E-state index contributed by atoms with van der Waals surface area (Å²) in [6, 6.07) is 7.23. The first kappa shape index (κ1) is 49.9. The van der Waals surface area contributed by atoms with Gasteiger partial charge in [0, 0.05) is 48.5 Å². The van der Waals surface area contributed by atoms with Crippen molar-refractivity contribution in [2.45, 2.75) is 138 Å². The van der Waals surface area contributed by atoms with Crippen molar-refractivity contribution in [3.63, 3.8) is 0 Å². The van der Waals surface area contributed by atoms with E-state index in [9.17, 15) is 9.90 Å². The SMILES string of the molecule is C.CCCC1CCC(=O)CC1.CCCC1CCC(O)(c2ccc(Cl)nc2)CC1.CCOCC.Clc1ccc(Br)cn1.[CH2-]CCC.[Li+]. The smallest absolute Gasteiger partial charge is 0.385 e. The number of aliphatic hydroxyl groups is 1. The van der Waals surface area contributed by atoms with Gasteiger partial charge in [-0.2, -0.15) is 6.42 Å². The molecule has 9 heteroatoms. The van der Waals surface area contributed by atoms with Gasteiger partial charge in [0.15, 0.2) is 0 Å². The Hall–Kier alpha value is -0.453. The van der Waals surface area contributed by atoms with Crippen molar-refractivity contribution < 1.29 is 33.5 Å². The van der Waals surface area contributed by atoms with Crippen LogP contribution in [0.1, 0.15) is 138 Å². The molecule has 260 valence electrons. The molecule has 1 N–H and O–H groups in total. The van der Waals surface area contributed by atoms with Gasteiger partial charge in [0.05, 0.1) is 5.60 Å². The average Bonchev–Trinajstić information content (AvgIpc) is 3.03. The first-order chi connectivity index (χ1) is 21.1. The predicted octanol–water partition coefficient (Wildman–Crippen LogP) is 9.26. The summed E-state index contributed by atoms with van der Waals surface area (Å²) in [6.45, 7) is 15.8. The van der Waals surface area contributed by atoms with Crippen LogP contribution in [0.2, 0.25) is 10.3 Å². The molecule has 2 aliphatic carbocycles. The van der Waals surface area contributed by atoms with Gasteiger partial charge in [0.2, 0.25) is 0 Å². The quantitative estimate of drug-likeness (QED) is 0.166. The van der Waals surface area contributed by atoms with E-state index in [1.165, 1.54) is 32.1 Å². The van der Waals surface area contributed by atoms with Crippen LogP contribution >= 0.6 is 39.1 Å². The maximum absolute atomic E-state index is 10.8. The van der Waals surface area contributed by atoms with E-state index in [4.69, 9.17) is 27.9 Å². The molecule has 0 aromatic carbocycles. The molecule has 4 rings (SSSR count). The van der Waals surface area contributed by atoms with Gasteiger partial charge in [-0.25, -0.2) is 9.97 Å². The van der Waals surface area contributed by atoms with Crippen molar-refractivity contribution >= 4 is 44.9 Å². The third-order valence-electron chi connectivity index (χ3n) is 7.71. The Kier molecular flexibility index (Phi) is 34.5. The number of Topliss-reactive ketones (excluding diaryl/α,β-unsaturated/α-hetero) is 1. The van der Waals surface area contributed by atoms with E-state index in [1.54, 1.807) is 24.5 Å². The number of unbranched alkanes of at least 4 members (excludes halogenated alkanes) is 1. The second kappa shape index (κ2) is 31.8. The van der Waals surface area contributed by atoms with Crippen molar-refractivity contribution in [1.29, 1.82) is 0 Å². The summed E-state index contributed by atoms with van der Waals surface area (Å²) < 4.78 is 5.78. The molecule has 0 spiro atoms. The molecule has 0 bridgehead atoms. The molecule has 0 aliphatic heterocycles. The summed E-state index contributed by atoms with van der Waals surface area (Å²) in [5, 5.41) is 11.6. The van der Waals surface area contributed by atoms with Crippen LogP contribution in [0, 0.1) is 18.8 Å². The fourth-order valence-corrected chi connectivity index (χ4v) is 5.51. The van der Waals surface area contributed by atoms with Gasteiger partial charge in [0.25, 0.3) is 0 Å². The number of hydrogen-bond acceptors (Lipinski definition) is 5. The zero-order chi connectivity index (χ0) is 33.2. The van der Waals surface area contributed by atoms with Crippen molar-refractivity contribution in [3.05, 3.63) is 63.9 Å². The third-order valence-corrected chi connectivity index (χ3v) is 8.62. The number of nitrogens with zero attached hydrogens (tertiary/aromatic N) is 2. The molecule has 5 nitrogen and oxygen atoms in total. The van der Waals surface area contributed by atoms with Crippen molar-refractivity contribution in [2.75, 3.05) is 13.2 Å². The van der Waals surface area contributed by atoms with Gasteiger partial charge in [-0.05, 0) is 98.3 Å². The number of ether oxygens (including phenoxy) is 1. The minimum absolute atomic E-state index is 0. The van der Waals surface area contributed by atoms with E-state index in [0.29, 0.717) is 16.1 Å². The van der Waals surface area contributed by atoms with Crippen LogP contribution in [0.4, 0.5) is 0 Å². The topological polar surface area (TPSA) is 72.3 Å². The summed E-state index contributed by atoms with van der Waals surface area (Å²) in [5.41, 5.74) is 0.235. The van der Waals surface area contributed by atoms with E-state index >= 15 is 0 Å². The van der Waals surface area contributed by atoms with Crippen molar-refractivity contribution in [3.8, 4) is 0 Å². The van der Waals surface area contributed by atoms with Gasteiger partial charge in [-0.1, -0.05) is 89.6 Å². The number of carbonyl (C=O) groups excluding carboxylic acids is 1. The van der Waals surface area contributed by atoms with Crippen molar-refractivity contribution in [2.24, 2.45) is 11.8 Å². The summed E-state index contributed by atoms with van der Waals surface area (Å²) in [5.74, 6) is 2.13. The zero-order valence-corrected chi connectivity index (χ0v) is 32.0. The average molecular weight is 741 g/mol. The summed E-state index contributed by atoms with van der Waals surface area (Å²) in [7, 11) is 0. The molecular formula is C37H62BrCl2LiN2O3. The van der Waals surface area contributed by atoms with Crippen LogP contribution in [-0.2, 0) is 15.1 Å². The Labute approximate surface area is 313 Å². The molecule has 0 unspecified atom stereocenters. The second-order valence-electron chi connectivity index (χ2n) is 11.3. The number of aromatic nitrogens is 2. The van der Waals surface area contributed by atoms with Crippen LogP contribution in [0.5, 0.6) is 0 Å². The summed E-state index contributed by atoms with van der Waals surface area (Å²) >= 11 is 14.5. The van der Waals surface area contributed by atoms with Gasteiger partial charge < -0.3 is 16.8 Å². The minimum atomic E-state index is -0.679. The van der Waals surface area contributed by atoms with E-state index in [2.05, 4.69) is 53.6 Å². The summed E-state index contributed by atoms with van der Waals surface area (Å²) in [6.07, 6.45) is 18.7. The van der Waals surface area contributed by atoms with E-state index in [0.717, 1.165) is 92.9 Å².